The number of imidazole rings is 1. The number of ether oxygens (including phenoxy) is 4. The first kappa shape index (κ1) is 24.3. The molecular formula is C19H21ClN6O6S2. The number of hydrogen-bond acceptors (Lipinski definition) is 11. The summed E-state index contributed by atoms with van der Waals surface area (Å²) < 4.78 is 51.4. The first-order chi connectivity index (χ1) is 16.4. The second-order valence-corrected chi connectivity index (χ2v) is 9.90. The van der Waals surface area contributed by atoms with Crippen molar-refractivity contribution >= 4 is 37.9 Å². The molecule has 1 unspecified atom stereocenters. The average Bonchev–Trinajstić information content (AvgIpc) is 3.40. The summed E-state index contributed by atoms with van der Waals surface area (Å²) in [6, 6.07) is -0.0729. The molecule has 0 radical (unpaired) electrons. The van der Waals surface area contributed by atoms with E-state index in [9.17, 15) is 8.42 Å². The third-order valence-corrected chi connectivity index (χ3v) is 7.52. The van der Waals surface area contributed by atoms with Crippen molar-refractivity contribution in [1.82, 2.24) is 28.6 Å². The van der Waals surface area contributed by atoms with Crippen molar-refractivity contribution < 1.29 is 27.4 Å². The van der Waals surface area contributed by atoms with Crippen LogP contribution >= 0.6 is 22.9 Å². The Kier molecular flexibility index (Phi) is 7.63. The van der Waals surface area contributed by atoms with Gasteiger partial charge in [0.1, 0.15) is 25.9 Å². The minimum Gasteiger partial charge on any atom is -0.460 e. The van der Waals surface area contributed by atoms with Crippen LogP contribution in [-0.4, -0.2) is 82.7 Å². The quantitative estimate of drug-likeness (QED) is 0.340. The van der Waals surface area contributed by atoms with Crippen LogP contribution in [0.3, 0.4) is 0 Å². The van der Waals surface area contributed by atoms with E-state index in [1.807, 2.05) is 0 Å². The minimum absolute atomic E-state index is 0.00659. The van der Waals surface area contributed by atoms with Crippen LogP contribution in [-0.2, 0) is 14.8 Å². The lowest BCUT2D eigenvalue weighted by Crippen LogP contribution is -2.47. The van der Waals surface area contributed by atoms with E-state index in [-0.39, 0.29) is 67.7 Å². The van der Waals surface area contributed by atoms with Crippen LogP contribution < -0.4 is 14.2 Å². The molecule has 3 aromatic heterocycles. The highest BCUT2D eigenvalue weighted by molar-refractivity contribution is 7.89. The summed E-state index contributed by atoms with van der Waals surface area (Å²) in [5.41, 5.74) is 0. The van der Waals surface area contributed by atoms with Crippen molar-refractivity contribution in [2.45, 2.75) is 11.1 Å². The molecule has 0 bridgehead atoms. The van der Waals surface area contributed by atoms with Gasteiger partial charge in [0.2, 0.25) is 0 Å². The van der Waals surface area contributed by atoms with E-state index in [0.29, 0.717) is 4.96 Å². The SMILES string of the molecule is C=CCOc1nc(OCC=C)nc(OCC2CN(S(=O)(=O)c3c(Cl)nc4sccn34)CCO2)n1. The molecule has 0 N–H and O–H groups in total. The van der Waals surface area contributed by atoms with Gasteiger partial charge in [0, 0.05) is 24.7 Å². The fraction of sp³-hybridized carbons (Fsp3) is 0.368. The van der Waals surface area contributed by atoms with Gasteiger partial charge in [-0.1, -0.05) is 36.9 Å². The molecule has 182 valence electrons. The summed E-state index contributed by atoms with van der Waals surface area (Å²) >= 11 is 7.44. The molecule has 1 aliphatic heterocycles. The number of fused-ring (bicyclic) bond motifs is 1. The van der Waals surface area contributed by atoms with Crippen molar-refractivity contribution in [3.05, 3.63) is 42.0 Å². The molecular weight excluding hydrogens is 508 g/mol. The molecule has 4 heterocycles. The maximum atomic E-state index is 13.3. The van der Waals surface area contributed by atoms with Gasteiger partial charge in [0.25, 0.3) is 10.0 Å². The Balaban J connectivity index is 1.46. The Labute approximate surface area is 204 Å². The van der Waals surface area contributed by atoms with Gasteiger partial charge in [-0.05, 0) is 0 Å². The predicted octanol–water partition coefficient (Wildman–Crippen LogP) is 1.83. The first-order valence-electron chi connectivity index (χ1n) is 10.0. The van der Waals surface area contributed by atoms with Crippen LogP contribution in [0.25, 0.3) is 4.96 Å². The molecule has 4 rings (SSSR count). The lowest BCUT2D eigenvalue weighted by Gasteiger charge is -2.31. The van der Waals surface area contributed by atoms with E-state index in [1.54, 1.807) is 11.6 Å². The van der Waals surface area contributed by atoms with Crippen LogP contribution in [0.1, 0.15) is 0 Å². The molecule has 1 fully saturated rings. The van der Waals surface area contributed by atoms with Gasteiger partial charge in [-0.3, -0.25) is 4.40 Å². The Morgan fingerprint density at radius 2 is 1.76 bits per heavy atom. The van der Waals surface area contributed by atoms with Crippen molar-refractivity contribution in [3.8, 4) is 18.0 Å². The summed E-state index contributed by atoms with van der Waals surface area (Å²) in [5, 5.41) is 1.59. The smallest absolute Gasteiger partial charge is 0.326 e. The highest BCUT2D eigenvalue weighted by Gasteiger charge is 2.35. The topological polar surface area (TPSA) is 130 Å². The Morgan fingerprint density at radius 3 is 2.41 bits per heavy atom. The number of hydrogen-bond donors (Lipinski definition) is 0. The summed E-state index contributed by atoms with van der Waals surface area (Å²) in [7, 11) is -3.92. The lowest BCUT2D eigenvalue weighted by molar-refractivity contribution is -0.0268. The van der Waals surface area contributed by atoms with Crippen LogP contribution in [0.2, 0.25) is 5.15 Å². The second kappa shape index (κ2) is 10.7. The van der Waals surface area contributed by atoms with Crippen molar-refractivity contribution in [2.75, 3.05) is 39.5 Å². The van der Waals surface area contributed by atoms with Crippen molar-refractivity contribution in [1.29, 1.82) is 0 Å². The predicted molar refractivity (Wildman–Crippen MR) is 123 cm³/mol. The highest BCUT2D eigenvalue weighted by atomic mass is 35.5. The van der Waals surface area contributed by atoms with Gasteiger partial charge in [-0.15, -0.1) is 26.3 Å². The van der Waals surface area contributed by atoms with Gasteiger partial charge < -0.3 is 18.9 Å². The minimum atomic E-state index is -3.92. The third kappa shape index (κ3) is 5.31. The van der Waals surface area contributed by atoms with Crippen molar-refractivity contribution in [3.63, 3.8) is 0 Å². The lowest BCUT2D eigenvalue weighted by atomic mass is 10.3. The van der Waals surface area contributed by atoms with E-state index in [0.717, 1.165) is 0 Å². The average molecular weight is 529 g/mol. The van der Waals surface area contributed by atoms with E-state index in [1.165, 1.54) is 32.2 Å². The Hall–Kier alpha value is -2.78. The van der Waals surface area contributed by atoms with Gasteiger partial charge >= 0.3 is 18.0 Å². The molecule has 3 aromatic rings. The summed E-state index contributed by atoms with van der Waals surface area (Å²) in [6.45, 7) is 7.87. The van der Waals surface area contributed by atoms with Crippen LogP contribution in [0.4, 0.5) is 0 Å². The second-order valence-electron chi connectivity index (χ2n) is 6.81. The number of morpholine rings is 1. The Bertz CT molecular complexity index is 1250. The molecule has 0 spiro atoms. The Morgan fingerprint density at radius 1 is 1.12 bits per heavy atom. The molecule has 15 heteroatoms. The summed E-state index contributed by atoms with van der Waals surface area (Å²) in [4.78, 5) is 16.8. The molecule has 12 nitrogen and oxygen atoms in total. The van der Waals surface area contributed by atoms with Gasteiger partial charge in [0.05, 0.1) is 6.61 Å². The van der Waals surface area contributed by atoms with E-state index in [2.05, 4.69) is 33.1 Å². The number of sulfonamides is 1. The zero-order valence-electron chi connectivity index (χ0n) is 17.9. The van der Waals surface area contributed by atoms with Crippen molar-refractivity contribution in [2.24, 2.45) is 0 Å². The number of thiazole rings is 1. The molecule has 0 aromatic carbocycles. The number of aromatic nitrogens is 5. The van der Waals surface area contributed by atoms with E-state index in [4.69, 9.17) is 30.5 Å². The molecule has 34 heavy (non-hydrogen) atoms. The molecule has 0 amide bonds. The molecule has 1 saturated heterocycles. The van der Waals surface area contributed by atoms with Gasteiger partial charge in [-0.2, -0.15) is 4.31 Å². The summed E-state index contributed by atoms with van der Waals surface area (Å²) in [6.07, 6.45) is 4.11. The van der Waals surface area contributed by atoms with Gasteiger partial charge in [0.15, 0.2) is 15.1 Å². The number of halogens is 1. The highest BCUT2D eigenvalue weighted by Crippen LogP contribution is 2.29. The summed E-state index contributed by atoms with van der Waals surface area (Å²) in [5.74, 6) is 0. The van der Waals surface area contributed by atoms with Crippen LogP contribution in [0, 0.1) is 0 Å². The standard InChI is InChI=1S/C19H21ClN6O6S2/c1-3-7-30-16-22-17(31-8-4-2)24-18(23-16)32-12-13-11-25(5-9-29-13)34(27,28)15-14(20)21-19-26(15)6-10-33-19/h3-4,6,10,13H,1-2,5,7-9,11-12H2. The molecule has 1 aliphatic rings. The molecule has 0 saturated carbocycles. The fourth-order valence-electron chi connectivity index (χ4n) is 3.05. The van der Waals surface area contributed by atoms with Gasteiger partial charge in [-0.25, -0.2) is 13.4 Å². The zero-order valence-corrected chi connectivity index (χ0v) is 20.3. The number of nitrogens with zero attached hydrogens (tertiary/aromatic N) is 6. The molecule has 0 aliphatic carbocycles. The van der Waals surface area contributed by atoms with E-state index >= 15 is 0 Å². The third-order valence-electron chi connectivity index (χ3n) is 4.50. The fourth-order valence-corrected chi connectivity index (χ4v) is 5.91. The maximum absolute atomic E-state index is 13.3. The largest absolute Gasteiger partial charge is 0.460 e. The zero-order chi connectivity index (χ0) is 24.1. The molecule has 1 atom stereocenters. The first-order valence-corrected chi connectivity index (χ1v) is 12.7. The normalized spacial score (nSPS) is 16.9. The van der Waals surface area contributed by atoms with E-state index < -0.39 is 16.1 Å². The maximum Gasteiger partial charge on any atom is 0.326 e. The number of rotatable bonds is 11. The van der Waals surface area contributed by atoms with Crippen LogP contribution in [0.15, 0.2) is 41.9 Å². The van der Waals surface area contributed by atoms with Crippen LogP contribution in [0.5, 0.6) is 18.0 Å². The monoisotopic (exact) mass is 528 g/mol.